The van der Waals surface area contributed by atoms with Gasteiger partial charge >= 0.3 is 0 Å². The van der Waals surface area contributed by atoms with E-state index >= 15 is 0 Å². The summed E-state index contributed by atoms with van der Waals surface area (Å²) in [5.74, 6) is 2.87. The predicted octanol–water partition coefficient (Wildman–Crippen LogP) is 11.2. The van der Waals surface area contributed by atoms with Gasteiger partial charge in [-0.05, 0) is 80.6 Å². The van der Waals surface area contributed by atoms with Gasteiger partial charge in [-0.15, -0.1) is 0 Å². The van der Waals surface area contributed by atoms with Crippen LogP contribution in [0.15, 0.2) is 158 Å². The van der Waals surface area contributed by atoms with Gasteiger partial charge in [-0.3, -0.25) is 5.41 Å². The molecule has 8 rings (SSSR count). The molecule has 1 aliphatic rings. The lowest BCUT2D eigenvalue weighted by molar-refractivity contribution is 0.361. The van der Waals surface area contributed by atoms with E-state index in [1.54, 1.807) is 0 Å². The minimum Gasteiger partial charge on any atom is -0.449 e. The Hall–Kier alpha value is -5.93. The maximum atomic E-state index is 8.74. The Kier molecular flexibility index (Phi) is 6.28. The van der Waals surface area contributed by atoms with E-state index in [0.717, 1.165) is 72.5 Å². The number of ether oxygens (including phenoxy) is 2. The SMILES string of the molecule is N=C(c1ccccc1)c1cccc(-c2cccc(-c3cccc(-c4cccc5c4Oc4cc6ccccc6cc4O5)c3)c2)c1. The number of nitrogens with one attached hydrogen (secondary N) is 1. The van der Waals surface area contributed by atoms with E-state index in [1.165, 1.54) is 0 Å². The van der Waals surface area contributed by atoms with Gasteiger partial charge in [0.2, 0.25) is 0 Å². The summed E-state index contributed by atoms with van der Waals surface area (Å²) in [4.78, 5) is 0. The van der Waals surface area contributed by atoms with Crippen LogP contribution in [0, 0.1) is 5.41 Å². The van der Waals surface area contributed by atoms with Crippen LogP contribution in [0.5, 0.6) is 23.0 Å². The van der Waals surface area contributed by atoms with E-state index in [4.69, 9.17) is 14.9 Å². The molecule has 0 aliphatic carbocycles. The lowest BCUT2D eigenvalue weighted by Crippen LogP contribution is -2.01. The van der Waals surface area contributed by atoms with Crippen molar-refractivity contribution in [2.75, 3.05) is 0 Å². The van der Waals surface area contributed by atoms with E-state index < -0.39 is 0 Å². The average Bonchev–Trinajstić information content (AvgIpc) is 3.10. The van der Waals surface area contributed by atoms with Crippen molar-refractivity contribution in [3.05, 3.63) is 169 Å². The largest absolute Gasteiger partial charge is 0.449 e. The molecule has 1 N–H and O–H groups in total. The minimum atomic E-state index is 0.518. The van der Waals surface area contributed by atoms with Crippen LogP contribution in [-0.4, -0.2) is 5.71 Å². The Labute approximate surface area is 256 Å². The highest BCUT2D eigenvalue weighted by molar-refractivity contribution is 6.11. The summed E-state index contributed by atoms with van der Waals surface area (Å²) in [6, 6.07) is 53.6. The number of fused-ring (bicyclic) bond motifs is 3. The smallest absolute Gasteiger partial charge is 0.177 e. The van der Waals surface area contributed by atoms with Crippen LogP contribution in [0.3, 0.4) is 0 Å². The quantitative estimate of drug-likeness (QED) is 0.211. The van der Waals surface area contributed by atoms with Crippen molar-refractivity contribution in [1.82, 2.24) is 0 Å². The first-order chi connectivity index (χ1) is 21.7. The molecule has 0 amide bonds. The first-order valence-corrected chi connectivity index (χ1v) is 14.7. The second-order valence-electron chi connectivity index (χ2n) is 11.0. The molecular weight excluding hydrogens is 538 g/mol. The first-order valence-electron chi connectivity index (χ1n) is 14.7. The maximum absolute atomic E-state index is 8.74. The van der Waals surface area contributed by atoms with Crippen LogP contribution >= 0.6 is 0 Å². The summed E-state index contributed by atoms with van der Waals surface area (Å²) >= 11 is 0. The number of benzene rings is 7. The predicted molar refractivity (Wildman–Crippen MR) is 179 cm³/mol. The van der Waals surface area contributed by atoms with Crippen molar-refractivity contribution < 1.29 is 9.47 Å². The van der Waals surface area contributed by atoms with Gasteiger partial charge in [0.05, 0.1) is 5.71 Å². The molecule has 0 saturated carbocycles. The number of hydrogen-bond acceptors (Lipinski definition) is 3. The third kappa shape index (κ3) is 4.71. The Bertz CT molecular complexity index is 2200. The molecule has 7 aromatic rings. The van der Waals surface area contributed by atoms with E-state index in [9.17, 15) is 0 Å². The normalized spacial score (nSPS) is 11.6. The molecule has 44 heavy (non-hydrogen) atoms. The van der Waals surface area contributed by atoms with E-state index in [0.29, 0.717) is 11.5 Å². The molecular formula is C41H27NO2. The third-order valence-electron chi connectivity index (χ3n) is 8.14. The number of para-hydroxylation sites is 1. The van der Waals surface area contributed by atoms with Crippen molar-refractivity contribution in [3.63, 3.8) is 0 Å². The molecule has 0 aromatic heterocycles. The maximum Gasteiger partial charge on any atom is 0.177 e. The molecule has 0 atom stereocenters. The van der Waals surface area contributed by atoms with Crippen molar-refractivity contribution >= 4 is 16.5 Å². The third-order valence-corrected chi connectivity index (χ3v) is 8.14. The molecule has 0 spiro atoms. The summed E-state index contributed by atoms with van der Waals surface area (Å²) in [6.07, 6.45) is 0. The fourth-order valence-corrected chi connectivity index (χ4v) is 5.89. The topological polar surface area (TPSA) is 42.3 Å². The molecule has 0 bridgehead atoms. The Morgan fingerprint density at radius 2 is 0.909 bits per heavy atom. The zero-order valence-corrected chi connectivity index (χ0v) is 23.8. The zero-order valence-electron chi connectivity index (χ0n) is 23.8. The van der Waals surface area contributed by atoms with Gasteiger partial charge in [0.1, 0.15) is 0 Å². The molecule has 3 nitrogen and oxygen atoms in total. The standard InChI is InChI=1S/C41H27NO2/c42-40(27-10-2-1-3-11-27)35-19-8-17-31(24-35)29-15-6-14-28(22-29)30-16-7-18-34(23-30)36-20-9-21-37-41(36)44-39-26-33-13-5-4-12-32(33)25-38(39)43-37/h1-26,42H. The zero-order chi connectivity index (χ0) is 29.5. The molecule has 208 valence electrons. The van der Waals surface area contributed by atoms with Gasteiger partial charge in [0, 0.05) is 11.1 Å². The lowest BCUT2D eigenvalue weighted by atomic mass is 9.94. The highest BCUT2D eigenvalue weighted by Gasteiger charge is 2.23. The van der Waals surface area contributed by atoms with Crippen LogP contribution in [0.4, 0.5) is 0 Å². The lowest BCUT2D eigenvalue weighted by Gasteiger charge is -2.23. The average molecular weight is 566 g/mol. The number of rotatable bonds is 5. The summed E-state index contributed by atoms with van der Waals surface area (Å²) in [6.45, 7) is 0. The molecule has 1 heterocycles. The second-order valence-corrected chi connectivity index (χ2v) is 11.0. The van der Waals surface area contributed by atoms with Gasteiger partial charge < -0.3 is 9.47 Å². The summed E-state index contributed by atoms with van der Waals surface area (Å²) in [5, 5.41) is 11.0. The van der Waals surface area contributed by atoms with Crippen molar-refractivity contribution in [2.45, 2.75) is 0 Å². The van der Waals surface area contributed by atoms with Gasteiger partial charge in [0.15, 0.2) is 23.0 Å². The molecule has 0 unspecified atom stereocenters. The fourth-order valence-electron chi connectivity index (χ4n) is 5.89. The Morgan fingerprint density at radius 3 is 1.61 bits per heavy atom. The molecule has 0 saturated heterocycles. The molecule has 7 aromatic carbocycles. The van der Waals surface area contributed by atoms with Crippen LogP contribution in [0.2, 0.25) is 0 Å². The molecule has 1 aliphatic heterocycles. The van der Waals surface area contributed by atoms with Crippen LogP contribution < -0.4 is 9.47 Å². The van der Waals surface area contributed by atoms with E-state index in [1.807, 2.05) is 78.9 Å². The molecule has 0 radical (unpaired) electrons. The Balaban J connectivity index is 1.12. The van der Waals surface area contributed by atoms with Crippen molar-refractivity contribution in [3.8, 4) is 56.4 Å². The van der Waals surface area contributed by atoms with Gasteiger partial charge in [-0.25, -0.2) is 0 Å². The van der Waals surface area contributed by atoms with E-state index in [2.05, 4.69) is 78.9 Å². The van der Waals surface area contributed by atoms with Gasteiger partial charge in [-0.1, -0.05) is 121 Å². The fraction of sp³-hybridized carbons (Fsp3) is 0. The van der Waals surface area contributed by atoms with Crippen LogP contribution in [0.25, 0.3) is 44.2 Å². The highest BCUT2D eigenvalue weighted by Crippen LogP contribution is 2.50. The van der Waals surface area contributed by atoms with E-state index in [-0.39, 0.29) is 0 Å². The summed E-state index contributed by atoms with van der Waals surface area (Å²) in [5.41, 5.74) is 8.76. The molecule has 0 fully saturated rings. The Morgan fingerprint density at radius 1 is 0.386 bits per heavy atom. The monoisotopic (exact) mass is 565 g/mol. The van der Waals surface area contributed by atoms with Crippen molar-refractivity contribution in [1.29, 1.82) is 5.41 Å². The minimum absolute atomic E-state index is 0.518. The van der Waals surface area contributed by atoms with Crippen LogP contribution in [0.1, 0.15) is 11.1 Å². The van der Waals surface area contributed by atoms with Crippen LogP contribution in [-0.2, 0) is 0 Å². The molecule has 3 heteroatoms. The first kappa shape index (κ1) is 25.8. The summed E-state index contributed by atoms with van der Waals surface area (Å²) < 4.78 is 12.9. The summed E-state index contributed by atoms with van der Waals surface area (Å²) in [7, 11) is 0. The van der Waals surface area contributed by atoms with Gasteiger partial charge in [-0.2, -0.15) is 0 Å². The highest BCUT2D eigenvalue weighted by atomic mass is 16.6. The van der Waals surface area contributed by atoms with Crippen molar-refractivity contribution in [2.24, 2.45) is 0 Å². The second kappa shape index (κ2) is 10.7. The number of hydrogen-bond donors (Lipinski definition) is 1. The van der Waals surface area contributed by atoms with Gasteiger partial charge in [0.25, 0.3) is 0 Å².